The molecule has 1 N–H and O–H groups in total. The Labute approximate surface area is 120 Å². The van der Waals surface area contributed by atoms with Crippen LogP contribution in [0.5, 0.6) is 0 Å². The number of hydrogen-bond acceptors (Lipinski definition) is 5. The summed E-state index contributed by atoms with van der Waals surface area (Å²) < 4.78 is 5.44. The molecule has 1 aromatic rings. The molecule has 20 heavy (non-hydrogen) atoms. The smallest absolute Gasteiger partial charge is 0.0594 e. The number of ether oxygens (including phenoxy) is 1. The van der Waals surface area contributed by atoms with Gasteiger partial charge in [-0.05, 0) is 25.6 Å². The van der Waals surface area contributed by atoms with Crippen LogP contribution in [0.2, 0.25) is 0 Å². The summed E-state index contributed by atoms with van der Waals surface area (Å²) in [4.78, 5) is 9.46. The van der Waals surface area contributed by atoms with Gasteiger partial charge in [0.05, 0.1) is 18.9 Å². The number of morpholine rings is 1. The molecule has 0 radical (unpaired) electrons. The highest BCUT2D eigenvalue weighted by atomic mass is 16.5. The first-order chi connectivity index (χ1) is 9.86. The molecule has 1 atom stereocenters. The van der Waals surface area contributed by atoms with Gasteiger partial charge in [0, 0.05) is 50.6 Å². The van der Waals surface area contributed by atoms with E-state index in [1.54, 1.807) is 0 Å². The molecular formula is C15H24N4O. The summed E-state index contributed by atoms with van der Waals surface area (Å²) in [6.45, 7) is 7.04. The van der Waals surface area contributed by atoms with Gasteiger partial charge in [-0.1, -0.05) is 0 Å². The summed E-state index contributed by atoms with van der Waals surface area (Å²) in [5, 5.41) is 3.16. The maximum Gasteiger partial charge on any atom is 0.0594 e. The fourth-order valence-corrected chi connectivity index (χ4v) is 3.16. The molecule has 2 aliphatic rings. The second kappa shape index (κ2) is 6.52. The predicted molar refractivity (Wildman–Crippen MR) is 80.0 cm³/mol. The fourth-order valence-electron chi connectivity index (χ4n) is 3.16. The lowest BCUT2D eigenvalue weighted by atomic mass is 10.2. The normalized spacial score (nSPS) is 24.2. The number of rotatable bonds is 4. The molecule has 110 valence electrons. The van der Waals surface area contributed by atoms with Crippen molar-refractivity contribution in [3.8, 4) is 0 Å². The Morgan fingerprint density at radius 2 is 2.20 bits per heavy atom. The first-order valence-corrected chi connectivity index (χ1v) is 7.53. The molecule has 5 nitrogen and oxygen atoms in total. The summed E-state index contributed by atoms with van der Waals surface area (Å²) in [5.41, 5.74) is 2.42. The second-order valence-electron chi connectivity index (χ2n) is 5.57. The number of nitrogens with one attached hydrogen (secondary N) is 1. The van der Waals surface area contributed by atoms with Crippen LogP contribution in [0.3, 0.4) is 0 Å². The van der Waals surface area contributed by atoms with Crippen molar-refractivity contribution in [3.05, 3.63) is 24.0 Å². The summed E-state index contributed by atoms with van der Waals surface area (Å²) >= 11 is 0. The van der Waals surface area contributed by atoms with Gasteiger partial charge in [0.2, 0.25) is 0 Å². The maximum atomic E-state index is 5.44. The van der Waals surface area contributed by atoms with E-state index in [4.69, 9.17) is 4.74 Å². The van der Waals surface area contributed by atoms with E-state index in [9.17, 15) is 0 Å². The zero-order valence-electron chi connectivity index (χ0n) is 12.2. The number of pyridine rings is 1. The van der Waals surface area contributed by atoms with Crippen LogP contribution in [0.1, 0.15) is 12.1 Å². The van der Waals surface area contributed by atoms with Gasteiger partial charge in [-0.15, -0.1) is 0 Å². The van der Waals surface area contributed by atoms with E-state index >= 15 is 0 Å². The van der Waals surface area contributed by atoms with E-state index in [1.807, 2.05) is 13.2 Å². The van der Waals surface area contributed by atoms with Crippen molar-refractivity contribution in [2.75, 3.05) is 51.3 Å². The van der Waals surface area contributed by atoms with Gasteiger partial charge in [-0.25, -0.2) is 0 Å². The highest BCUT2D eigenvalue weighted by Gasteiger charge is 2.28. The van der Waals surface area contributed by atoms with Crippen LogP contribution >= 0.6 is 0 Å². The Morgan fingerprint density at radius 1 is 1.35 bits per heavy atom. The molecule has 2 aliphatic heterocycles. The van der Waals surface area contributed by atoms with Gasteiger partial charge in [0.25, 0.3) is 0 Å². The Morgan fingerprint density at radius 3 is 3.00 bits per heavy atom. The average molecular weight is 276 g/mol. The zero-order chi connectivity index (χ0) is 13.8. The molecular weight excluding hydrogens is 252 g/mol. The lowest BCUT2D eigenvalue weighted by molar-refractivity contribution is 0.0209. The van der Waals surface area contributed by atoms with Crippen LogP contribution < -0.4 is 10.2 Å². The van der Waals surface area contributed by atoms with Gasteiger partial charge in [0.15, 0.2) is 0 Å². The van der Waals surface area contributed by atoms with Crippen molar-refractivity contribution in [3.63, 3.8) is 0 Å². The summed E-state index contributed by atoms with van der Waals surface area (Å²) in [6, 6.07) is 5.01. The lowest BCUT2D eigenvalue weighted by Gasteiger charge is -2.32. The Balaban J connectivity index is 1.62. The molecule has 1 aromatic heterocycles. The van der Waals surface area contributed by atoms with Crippen LogP contribution in [0.25, 0.3) is 0 Å². The number of hydrogen-bond donors (Lipinski definition) is 1. The third-order valence-electron chi connectivity index (χ3n) is 4.25. The molecule has 5 heteroatoms. The van der Waals surface area contributed by atoms with E-state index in [0.717, 1.165) is 51.6 Å². The van der Waals surface area contributed by atoms with E-state index in [1.165, 1.54) is 12.1 Å². The lowest BCUT2D eigenvalue weighted by Crippen LogP contribution is -2.44. The Kier molecular flexibility index (Phi) is 4.50. The molecule has 2 fully saturated rings. The number of aromatic nitrogens is 1. The van der Waals surface area contributed by atoms with Crippen molar-refractivity contribution in [2.24, 2.45) is 0 Å². The van der Waals surface area contributed by atoms with Gasteiger partial charge in [-0.3, -0.25) is 9.88 Å². The van der Waals surface area contributed by atoms with Gasteiger partial charge >= 0.3 is 0 Å². The van der Waals surface area contributed by atoms with Crippen LogP contribution in [-0.4, -0.2) is 62.4 Å². The SMILES string of the molecule is CNCc1cc(N2CCC(N3CCOCC3)C2)ccn1. The highest BCUT2D eigenvalue weighted by molar-refractivity contribution is 5.47. The molecule has 0 spiro atoms. The summed E-state index contributed by atoms with van der Waals surface area (Å²) in [6.07, 6.45) is 3.17. The van der Waals surface area contributed by atoms with Crippen molar-refractivity contribution in [1.29, 1.82) is 0 Å². The van der Waals surface area contributed by atoms with Crippen LogP contribution in [-0.2, 0) is 11.3 Å². The third-order valence-corrected chi connectivity index (χ3v) is 4.25. The molecule has 3 rings (SSSR count). The highest BCUT2D eigenvalue weighted by Crippen LogP contribution is 2.23. The second-order valence-corrected chi connectivity index (χ2v) is 5.57. The first kappa shape index (κ1) is 13.8. The van der Waals surface area contributed by atoms with Gasteiger partial charge < -0.3 is 15.0 Å². The van der Waals surface area contributed by atoms with Crippen molar-refractivity contribution >= 4 is 5.69 Å². The fraction of sp³-hybridized carbons (Fsp3) is 0.667. The van der Waals surface area contributed by atoms with E-state index in [0.29, 0.717) is 6.04 Å². The van der Waals surface area contributed by atoms with E-state index in [-0.39, 0.29) is 0 Å². The molecule has 0 amide bonds. The van der Waals surface area contributed by atoms with Crippen molar-refractivity contribution < 1.29 is 4.74 Å². The topological polar surface area (TPSA) is 40.6 Å². The van der Waals surface area contributed by atoms with Crippen molar-refractivity contribution in [2.45, 2.75) is 19.0 Å². The molecule has 0 saturated carbocycles. The van der Waals surface area contributed by atoms with E-state index < -0.39 is 0 Å². The van der Waals surface area contributed by atoms with Crippen molar-refractivity contribution in [1.82, 2.24) is 15.2 Å². The monoisotopic (exact) mass is 276 g/mol. The molecule has 3 heterocycles. The standard InChI is InChI=1S/C15H24N4O/c1-16-11-13-10-14(2-4-17-13)19-5-3-15(12-19)18-6-8-20-9-7-18/h2,4,10,15-16H,3,5-9,11-12H2,1H3. The van der Waals surface area contributed by atoms with Crippen LogP contribution in [0, 0.1) is 0 Å². The third kappa shape index (κ3) is 3.11. The molecule has 1 unspecified atom stereocenters. The summed E-state index contributed by atoms with van der Waals surface area (Å²) in [5.74, 6) is 0. The molecule has 0 aromatic carbocycles. The van der Waals surface area contributed by atoms with Crippen LogP contribution in [0.4, 0.5) is 5.69 Å². The average Bonchev–Trinajstić information content (AvgIpc) is 2.99. The predicted octanol–water partition coefficient (Wildman–Crippen LogP) is 0.712. The number of nitrogens with zero attached hydrogens (tertiary/aromatic N) is 3. The van der Waals surface area contributed by atoms with Gasteiger partial charge in [0.1, 0.15) is 0 Å². The molecule has 0 aliphatic carbocycles. The molecule has 0 bridgehead atoms. The zero-order valence-corrected chi connectivity index (χ0v) is 12.2. The Hall–Kier alpha value is -1.17. The van der Waals surface area contributed by atoms with Crippen LogP contribution in [0.15, 0.2) is 18.3 Å². The Bertz CT molecular complexity index is 434. The number of anilines is 1. The summed E-state index contributed by atoms with van der Waals surface area (Å²) in [7, 11) is 1.96. The maximum absolute atomic E-state index is 5.44. The largest absolute Gasteiger partial charge is 0.379 e. The van der Waals surface area contributed by atoms with E-state index in [2.05, 4.69) is 32.2 Å². The minimum absolute atomic E-state index is 0.680. The minimum atomic E-state index is 0.680. The van der Waals surface area contributed by atoms with Gasteiger partial charge in [-0.2, -0.15) is 0 Å². The molecule has 2 saturated heterocycles. The minimum Gasteiger partial charge on any atom is -0.379 e. The first-order valence-electron chi connectivity index (χ1n) is 7.53. The quantitative estimate of drug-likeness (QED) is 0.877.